The van der Waals surface area contributed by atoms with E-state index in [-0.39, 0.29) is 5.82 Å². The molecule has 2 aromatic carbocycles. The Morgan fingerprint density at radius 1 is 0.895 bits per heavy atom. The number of fused-ring (bicyclic) bond motifs is 1. The second kappa shape index (κ2) is 4.80. The first-order valence-electron chi connectivity index (χ1n) is 5.66. The van der Waals surface area contributed by atoms with Crippen LogP contribution in [0.4, 0.5) is 4.39 Å². The maximum absolute atomic E-state index is 13.3. The van der Waals surface area contributed by atoms with E-state index in [9.17, 15) is 4.39 Å². The second-order valence-electron chi connectivity index (χ2n) is 4.13. The fourth-order valence-corrected chi connectivity index (χ4v) is 2.46. The molecule has 0 fully saturated rings. The van der Waals surface area contributed by atoms with Crippen molar-refractivity contribution < 1.29 is 4.39 Å². The van der Waals surface area contributed by atoms with E-state index in [0.29, 0.717) is 21.3 Å². The summed E-state index contributed by atoms with van der Waals surface area (Å²) >= 11 is 12.3. The van der Waals surface area contributed by atoms with Crippen molar-refractivity contribution in [2.45, 2.75) is 0 Å². The molecule has 0 unspecified atom stereocenters. The quantitative estimate of drug-likeness (QED) is 0.589. The van der Waals surface area contributed by atoms with E-state index in [2.05, 4.69) is 4.98 Å². The van der Waals surface area contributed by atoms with Crippen molar-refractivity contribution >= 4 is 34.1 Å². The van der Waals surface area contributed by atoms with Gasteiger partial charge < -0.3 is 0 Å². The summed E-state index contributed by atoms with van der Waals surface area (Å²) in [5.74, 6) is -0.340. The van der Waals surface area contributed by atoms with Gasteiger partial charge in [-0.25, -0.2) is 9.37 Å². The molecule has 3 aromatic rings. The largest absolute Gasteiger partial charge is 0.248 e. The van der Waals surface area contributed by atoms with E-state index in [1.165, 1.54) is 12.1 Å². The highest BCUT2D eigenvalue weighted by molar-refractivity contribution is 6.36. The average molecular weight is 292 g/mol. The molecule has 3 rings (SSSR count). The summed E-state index contributed by atoms with van der Waals surface area (Å²) < 4.78 is 13.3. The summed E-state index contributed by atoms with van der Waals surface area (Å²) in [7, 11) is 0. The number of rotatable bonds is 1. The molecule has 0 spiro atoms. The van der Waals surface area contributed by atoms with E-state index >= 15 is 0 Å². The molecule has 0 aliphatic carbocycles. The van der Waals surface area contributed by atoms with Crippen LogP contribution in [0.15, 0.2) is 48.5 Å². The van der Waals surface area contributed by atoms with Crippen molar-refractivity contribution in [3.8, 4) is 11.3 Å². The Bertz CT molecular complexity index is 771. The first-order chi connectivity index (χ1) is 9.15. The van der Waals surface area contributed by atoms with Crippen molar-refractivity contribution in [3.05, 3.63) is 64.4 Å². The number of pyridine rings is 1. The normalized spacial score (nSPS) is 10.9. The summed E-state index contributed by atoms with van der Waals surface area (Å²) in [6.45, 7) is 0. The molecule has 1 nitrogen and oxygen atoms in total. The number of nitrogens with zero attached hydrogens (tertiary/aromatic N) is 1. The Morgan fingerprint density at radius 2 is 1.68 bits per heavy atom. The van der Waals surface area contributed by atoms with Gasteiger partial charge in [0.2, 0.25) is 0 Å². The topological polar surface area (TPSA) is 12.9 Å². The molecule has 4 heteroatoms. The predicted molar refractivity (Wildman–Crippen MR) is 77.2 cm³/mol. The lowest BCUT2D eigenvalue weighted by Gasteiger charge is -2.07. The minimum absolute atomic E-state index is 0.340. The SMILES string of the molecule is Fc1ccc2c(Cl)cc(-c3ccccc3Cl)nc2c1. The molecule has 0 radical (unpaired) electrons. The molecule has 0 N–H and O–H groups in total. The van der Waals surface area contributed by atoms with Crippen molar-refractivity contribution in [1.29, 1.82) is 0 Å². The van der Waals surface area contributed by atoms with E-state index in [0.717, 1.165) is 10.9 Å². The number of halogens is 3. The van der Waals surface area contributed by atoms with Gasteiger partial charge in [0.15, 0.2) is 0 Å². The maximum Gasteiger partial charge on any atom is 0.125 e. The third-order valence-electron chi connectivity index (χ3n) is 2.87. The second-order valence-corrected chi connectivity index (χ2v) is 4.95. The Hall–Kier alpha value is -1.64. The lowest BCUT2D eigenvalue weighted by atomic mass is 10.1. The molecule has 0 bridgehead atoms. The fourth-order valence-electron chi connectivity index (χ4n) is 1.97. The highest BCUT2D eigenvalue weighted by atomic mass is 35.5. The van der Waals surface area contributed by atoms with Crippen LogP contribution in [0, 0.1) is 5.82 Å². The molecule has 0 atom stereocenters. The maximum atomic E-state index is 13.3. The van der Waals surface area contributed by atoms with Crippen molar-refractivity contribution in [1.82, 2.24) is 4.98 Å². The highest BCUT2D eigenvalue weighted by Gasteiger charge is 2.09. The van der Waals surface area contributed by atoms with Gasteiger partial charge in [-0.1, -0.05) is 41.4 Å². The standard InChI is InChI=1S/C15H8Cl2FN/c16-12-4-2-1-3-10(12)15-8-13(17)11-6-5-9(18)7-14(11)19-15/h1-8H. The van der Waals surface area contributed by atoms with Crippen molar-refractivity contribution in [2.24, 2.45) is 0 Å². The van der Waals surface area contributed by atoms with E-state index in [1.54, 1.807) is 18.2 Å². The molecular formula is C15H8Cl2FN. The van der Waals surface area contributed by atoms with Crippen LogP contribution in [0.2, 0.25) is 10.0 Å². The Balaban J connectivity index is 2.29. The molecule has 0 saturated heterocycles. The smallest absolute Gasteiger partial charge is 0.125 e. The van der Waals surface area contributed by atoms with Gasteiger partial charge >= 0.3 is 0 Å². The van der Waals surface area contributed by atoms with Crippen LogP contribution < -0.4 is 0 Å². The lowest BCUT2D eigenvalue weighted by molar-refractivity contribution is 0.629. The third kappa shape index (κ3) is 2.29. The molecule has 0 aliphatic rings. The number of hydrogen-bond acceptors (Lipinski definition) is 1. The molecule has 0 amide bonds. The fraction of sp³-hybridized carbons (Fsp3) is 0. The average Bonchev–Trinajstić information content (AvgIpc) is 2.38. The van der Waals surface area contributed by atoms with Gasteiger partial charge in [-0.2, -0.15) is 0 Å². The molecule has 1 heterocycles. The van der Waals surface area contributed by atoms with Crippen LogP contribution >= 0.6 is 23.2 Å². The van der Waals surface area contributed by atoms with Crippen molar-refractivity contribution in [2.75, 3.05) is 0 Å². The molecule has 0 saturated carbocycles. The van der Waals surface area contributed by atoms with Gasteiger partial charge in [0.25, 0.3) is 0 Å². The van der Waals surface area contributed by atoms with Gasteiger partial charge in [-0.15, -0.1) is 0 Å². The number of hydrogen-bond donors (Lipinski definition) is 0. The summed E-state index contributed by atoms with van der Waals surface area (Å²) in [6, 6.07) is 13.4. The van der Waals surface area contributed by atoms with Gasteiger partial charge in [0, 0.05) is 22.0 Å². The lowest BCUT2D eigenvalue weighted by Crippen LogP contribution is -1.88. The van der Waals surface area contributed by atoms with Crippen LogP contribution in [0.25, 0.3) is 22.2 Å². The van der Waals surface area contributed by atoms with Crippen LogP contribution in [0.5, 0.6) is 0 Å². The number of aromatic nitrogens is 1. The minimum Gasteiger partial charge on any atom is -0.248 e. The predicted octanol–water partition coefficient (Wildman–Crippen LogP) is 5.35. The van der Waals surface area contributed by atoms with Crippen LogP contribution in [0.1, 0.15) is 0 Å². The zero-order valence-corrected chi connectivity index (χ0v) is 11.2. The van der Waals surface area contributed by atoms with Crippen LogP contribution in [-0.2, 0) is 0 Å². The van der Waals surface area contributed by atoms with Gasteiger partial charge in [0.1, 0.15) is 5.82 Å². The summed E-state index contributed by atoms with van der Waals surface area (Å²) in [4.78, 5) is 4.42. The minimum atomic E-state index is -0.340. The molecular weight excluding hydrogens is 284 g/mol. The molecule has 19 heavy (non-hydrogen) atoms. The number of benzene rings is 2. The summed E-state index contributed by atoms with van der Waals surface area (Å²) in [6.07, 6.45) is 0. The van der Waals surface area contributed by atoms with Gasteiger partial charge in [0.05, 0.1) is 16.2 Å². The third-order valence-corrected chi connectivity index (χ3v) is 3.51. The zero-order chi connectivity index (χ0) is 13.4. The van der Waals surface area contributed by atoms with Crippen molar-refractivity contribution in [3.63, 3.8) is 0 Å². The molecule has 0 aliphatic heterocycles. The Kier molecular flexibility index (Phi) is 3.13. The summed E-state index contributed by atoms with van der Waals surface area (Å²) in [5.41, 5.74) is 1.92. The highest BCUT2D eigenvalue weighted by Crippen LogP contribution is 2.31. The zero-order valence-electron chi connectivity index (χ0n) is 9.70. The van der Waals surface area contributed by atoms with Crippen LogP contribution in [0.3, 0.4) is 0 Å². The summed E-state index contributed by atoms with van der Waals surface area (Å²) in [5, 5.41) is 1.83. The van der Waals surface area contributed by atoms with Crippen LogP contribution in [-0.4, -0.2) is 4.98 Å². The molecule has 1 aromatic heterocycles. The van der Waals surface area contributed by atoms with Gasteiger partial charge in [-0.05, 0) is 24.3 Å². The first-order valence-corrected chi connectivity index (χ1v) is 6.41. The Labute approximate surface area is 119 Å². The van der Waals surface area contributed by atoms with E-state index < -0.39 is 0 Å². The van der Waals surface area contributed by atoms with E-state index in [1.807, 2.05) is 18.2 Å². The Morgan fingerprint density at radius 3 is 2.47 bits per heavy atom. The molecule has 94 valence electrons. The monoisotopic (exact) mass is 291 g/mol. The van der Waals surface area contributed by atoms with Gasteiger partial charge in [-0.3, -0.25) is 0 Å². The van der Waals surface area contributed by atoms with E-state index in [4.69, 9.17) is 23.2 Å². The first kappa shape index (κ1) is 12.4.